The molecule has 216 valence electrons. The number of ether oxygens (including phenoxy) is 3. The van der Waals surface area contributed by atoms with E-state index in [1.165, 1.54) is 35.3 Å². The third kappa shape index (κ3) is 4.89. The van der Waals surface area contributed by atoms with Crippen molar-refractivity contribution >= 4 is 27.5 Å². The number of aromatic nitrogens is 3. The van der Waals surface area contributed by atoms with Gasteiger partial charge in [0.05, 0.1) is 48.4 Å². The summed E-state index contributed by atoms with van der Waals surface area (Å²) in [5.74, 6) is -0.367. The predicted molar refractivity (Wildman–Crippen MR) is 151 cm³/mol. The van der Waals surface area contributed by atoms with Crippen molar-refractivity contribution < 1.29 is 28.5 Å². The van der Waals surface area contributed by atoms with Crippen molar-refractivity contribution in [3.63, 3.8) is 0 Å². The van der Waals surface area contributed by atoms with Crippen LogP contribution in [-0.4, -0.2) is 50.6 Å². The van der Waals surface area contributed by atoms with Gasteiger partial charge in [-0.25, -0.2) is 19.1 Å². The third-order valence-corrected chi connectivity index (χ3v) is 9.36. The molecule has 6 rings (SSSR count). The van der Waals surface area contributed by atoms with Gasteiger partial charge in [-0.15, -0.1) is 11.3 Å². The van der Waals surface area contributed by atoms with E-state index in [0.717, 1.165) is 35.8 Å². The fraction of sp³-hybridized carbons (Fsp3) is 0.448. The monoisotopic (exact) mass is 581 g/mol. The van der Waals surface area contributed by atoms with Crippen molar-refractivity contribution in [1.29, 1.82) is 0 Å². The van der Waals surface area contributed by atoms with Gasteiger partial charge in [0.1, 0.15) is 29.0 Å². The molecule has 2 saturated heterocycles. The Labute approximate surface area is 238 Å². The number of hydrogen-bond donors (Lipinski definition) is 1. The molecular weight excluding hydrogens is 550 g/mol. The van der Waals surface area contributed by atoms with Crippen LogP contribution in [0.5, 0.6) is 5.75 Å². The van der Waals surface area contributed by atoms with Crippen molar-refractivity contribution in [2.45, 2.75) is 76.5 Å². The lowest BCUT2D eigenvalue weighted by Gasteiger charge is -2.32. The van der Waals surface area contributed by atoms with E-state index in [0.29, 0.717) is 26.9 Å². The van der Waals surface area contributed by atoms with Crippen molar-refractivity contribution in [3.8, 4) is 16.5 Å². The van der Waals surface area contributed by atoms with E-state index in [-0.39, 0.29) is 30.2 Å². The minimum atomic E-state index is -1.38. The quantitative estimate of drug-likeness (QED) is 0.307. The van der Waals surface area contributed by atoms with Crippen LogP contribution in [0.1, 0.15) is 55.9 Å². The highest BCUT2D eigenvalue weighted by Gasteiger charge is 2.37. The molecule has 0 amide bonds. The Kier molecular flexibility index (Phi) is 7.30. The Bertz CT molecular complexity index is 1690. The highest BCUT2D eigenvalue weighted by atomic mass is 32.1. The van der Waals surface area contributed by atoms with Crippen LogP contribution in [0.4, 0.5) is 0 Å². The highest BCUT2D eigenvalue weighted by Crippen LogP contribution is 2.40. The summed E-state index contributed by atoms with van der Waals surface area (Å²) in [4.78, 5) is 44.9. The second kappa shape index (κ2) is 10.9. The van der Waals surface area contributed by atoms with Gasteiger partial charge >= 0.3 is 11.7 Å². The van der Waals surface area contributed by atoms with E-state index < -0.39 is 29.4 Å². The van der Waals surface area contributed by atoms with E-state index in [2.05, 4.69) is 4.98 Å². The van der Waals surface area contributed by atoms with Crippen molar-refractivity contribution in [2.75, 3.05) is 7.11 Å². The zero-order valence-electron chi connectivity index (χ0n) is 22.9. The first-order valence-electron chi connectivity index (χ1n) is 13.6. The van der Waals surface area contributed by atoms with Crippen molar-refractivity contribution in [1.82, 2.24) is 14.1 Å². The maximum absolute atomic E-state index is 14.0. The first-order valence-corrected chi connectivity index (χ1v) is 14.4. The molecule has 11 nitrogen and oxygen atoms in total. The highest BCUT2D eigenvalue weighted by molar-refractivity contribution is 7.22. The molecule has 0 aliphatic carbocycles. The molecule has 41 heavy (non-hydrogen) atoms. The number of carbonyl (C=O) groups is 1. The molecule has 2 aliphatic heterocycles. The minimum Gasteiger partial charge on any atom is -0.496 e. The van der Waals surface area contributed by atoms with Gasteiger partial charge in [-0.3, -0.25) is 9.36 Å². The summed E-state index contributed by atoms with van der Waals surface area (Å²) in [6, 6.07) is 6.09. The van der Waals surface area contributed by atoms with Gasteiger partial charge < -0.3 is 23.7 Å². The topological polar surface area (TPSA) is 135 Å². The molecule has 12 heteroatoms. The van der Waals surface area contributed by atoms with E-state index in [4.69, 9.17) is 18.6 Å². The molecule has 0 unspecified atom stereocenters. The Morgan fingerprint density at radius 2 is 1.95 bits per heavy atom. The second-order valence-electron chi connectivity index (χ2n) is 10.6. The smallest absolute Gasteiger partial charge is 0.333 e. The molecule has 0 spiro atoms. The van der Waals surface area contributed by atoms with Crippen LogP contribution in [0, 0.1) is 6.92 Å². The molecular formula is C29H31N3O8S. The average molecular weight is 582 g/mol. The molecule has 5 heterocycles. The number of oxazole rings is 1. The van der Waals surface area contributed by atoms with Gasteiger partial charge in [0.2, 0.25) is 5.89 Å². The summed E-state index contributed by atoms with van der Waals surface area (Å²) in [7, 11) is 1.58. The van der Waals surface area contributed by atoms with Crippen LogP contribution in [-0.2, 0) is 20.8 Å². The number of fused-ring (bicyclic) bond motifs is 3. The fourth-order valence-electron chi connectivity index (χ4n) is 5.98. The summed E-state index contributed by atoms with van der Waals surface area (Å²) < 4.78 is 26.2. The van der Waals surface area contributed by atoms with Crippen LogP contribution < -0.4 is 16.0 Å². The number of para-hydroxylation sites is 1. The number of benzene rings is 1. The van der Waals surface area contributed by atoms with Crippen LogP contribution in [0.15, 0.2) is 50.7 Å². The molecule has 1 N–H and O–H groups in total. The first-order chi connectivity index (χ1) is 19.8. The van der Waals surface area contributed by atoms with Gasteiger partial charge in [-0.05, 0) is 51.2 Å². The lowest BCUT2D eigenvalue weighted by Crippen LogP contribution is -2.44. The summed E-state index contributed by atoms with van der Waals surface area (Å²) in [5.41, 5.74) is -0.0842. The predicted octanol–water partition coefficient (Wildman–Crippen LogP) is 4.31. The third-order valence-electron chi connectivity index (χ3n) is 8.05. The number of hydrogen-bond acceptors (Lipinski definition) is 9. The number of carboxylic acids is 1. The summed E-state index contributed by atoms with van der Waals surface area (Å²) in [5, 5.41) is 10.0. The van der Waals surface area contributed by atoms with Gasteiger partial charge in [0.25, 0.3) is 5.56 Å². The standard InChI is InChI=1S/C29H31N3O8S/c1-15-23-26(33)32(16(2)28(34)35)29(36)31(27(23)41-24(15)25-30-10-11-38-25)14-22(20-6-4-5-7-21(20)37-3)40-19-12-17-8-9-18(13-19)39-17/h4-7,10-11,16-19,22H,8-9,12-14H2,1-3H3,(H,34,35)/t16-,17-,18+,19+,22+/m1/s1. The Balaban J connectivity index is 1.53. The molecule has 0 radical (unpaired) electrons. The van der Waals surface area contributed by atoms with Gasteiger partial charge in [-0.2, -0.15) is 0 Å². The van der Waals surface area contributed by atoms with E-state index >= 15 is 0 Å². The lowest BCUT2D eigenvalue weighted by atomic mass is 10.0. The SMILES string of the molecule is COc1ccccc1[C@H](Cn1c(=O)n([C@H](C)C(=O)O)c(=O)c2c(C)c(-c3ncco3)sc21)O[C@H]1C[C@H]2CC[C@@H](C1)O2. The van der Waals surface area contributed by atoms with Crippen LogP contribution >= 0.6 is 11.3 Å². The largest absolute Gasteiger partial charge is 0.496 e. The molecule has 2 aliphatic rings. The Hall–Kier alpha value is -3.74. The summed E-state index contributed by atoms with van der Waals surface area (Å²) in [6.45, 7) is 3.10. The number of thiophene rings is 1. The molecule has 4 aromatic rings. The molecule has 5 atom stereocenters. The molecule has 2 fully saturated rings. The molecule has 2 bridgehead atoms. The maximum Gasteiger partial charge on any atom is 0.333 e. The zero-order chi connectivity index (χ0) is 28.8. The summed E-state index contributed by atoms with van der Waals surface area (Å²) >= 11 is 1.21. The van der Waals surface area contributed by atoms with Crippen molar-refractivity contribution in [2.24, 2.45) is 0 Å². The van der Waals surface area contributed by atoms with Gasteiger partial charge in [0, 0.05) is 5.56 Å². The average Bonchev–Trinajstić information content (AvgIpc) is 3.69. The molecule has 0 saturated carbocycles. The fourth-order valence-corrected chi connectivity index (χ4v) is 7.22. The normalized spacial score (nSPS) is 21.7. The van der Waals surface area contributed by atoms with Crippen molar-refractivity contribution in [3.05, 3.63) is 68.7 Å². The van der Waals surface area contributed by atoms with Gasteiger partial charge in [0.15, 0.2) is 0 Å². The number of carboxylic acid groups (broad SMARTS) is 1. The first kappa shape index (κ1) is 27.4. The molecule has 1 aromatic carbocycles. The Morgan fingerprint density at radius 1 is 1.22 bits per heavy atom. The van der Waals surface area contributed by atoms with Crippen LogP contribution in [0.25, 0.3) is 21.0 Å². The van der Waals surface area contributed by atoms with E-state index in [1.54, 1.807) is 14.0 Å². The van der Waals surface area contributed by atoms with Crippen LogP contribution in [0.3, 0.4) is 0 Å². The minimum absolute atomic E-state index is 0.0278. The van der Waals surface area contributed by atoms with E-state index in [1.807, 2.05) is 24.3 Å². The number of aryl methyl sites for hydroxylation is 1. The number of rotatable bonds is 9. The number of methoxy groups -OCH3 is 1. The molecule has 3 aromatic heterocycles. The lowest BCUT2D eigenvalue weighted by molar-refractivity contribution is -0.140. The second-order valence-corrected chi connectivity index (χ2v) is 11.6. The van der Waals surface area contributed by atoms with E-state index in [9.17, 15) is 19.5 Å². The van der Waals surface area contributed by atoms with Crippen LogP contribution in [0.2, 0.25) is 0 Å². The number of aliphatic carboxylic acids is 1. The number of nitrogens with zero attached hydrogens (tertiary/aromatic N) is 3. The maximum atomic E-state index is 14.0. The summed E-state index contributed by atoms with van der Waals surface area (Å²) in [6.07, 6.45) is 5.99. The van der Waals surface area contributed by atoms with Gasteiger partial charge in [-0.1, -0.05) is 18.2 Å². The zero-order valence-corrected chi connectivity index (χ0v) is 23.8. The Morgan fingerprint density at radius 3 is 2.61 bits per heavy atom.